The van der Waals surface area contributed by atoms with E-state index in [0.717, 1.165) is 30.4 Å². The van der Waals surface area contributed by atoms with E-state index in [1.165, 1.54) is 12.1 Å². The zero-order chi connectivity index (χ0) is 13.0. The Morgan fingerprint density at radius 3 is 2.39 bits per heavy atom. The molecule has 1 aliphatic rings. The van der Waals surface area contributed by atoms with Crippen LogP contribution in [-0.4, -0.2) is 28.3 Å². The van der Waals surface area contributed by atoms with Crippen molar-refractivity contribution in [2.75, 3.05) is 18.1 Å². The van der Waals surface area contributed by atoms with Crippen LogP contribution in [0.3, 0.4) is 0 Å². The molecule has 1 saturated heterocycles. The number of benzene rings is 1. The first-order chi connectivity index (χ1) is 8.63. The highest BCUT2D eigenvalue weighted by atomic mass is 32.2. The summed E-state index contributed by atoms with van der Waals surface area (Å²) in [5.74, 6) is 0.453. The van der Waals surface area contributed by atoms with Crippen LogP contribution in [-0.2, 0) is 17.2 Å². The molecular formula is C13H17F2NOS. The normalized spacial score (nSPS) is 24.1. The smallest absolute Gasteiger partial charge is 0.126 e. The Labute approximate surface area is 108 Å². The van der Waals surface area contributed by atoms with Gasteiger partial charge in [-0.15, -0.1) is 0 Å². The van der Waals surface area contributed by atoms with Gasteiger partial charge in [-0.05, 0) is 43.5 Å². The van der Waals surface area contributed by atoms with Gasteiger partial charge < -0.3 is 5.32 Å². The maximum absolute atomic E-state index is 13.0. The van der Waals surface area contributed by atoms with Crippen LogP contribution >= 0.6 is 0 Å². The number of rotatable bonds is 4. The van der Waals surface area contributed by atoms with Gasteiger partial charge in [-0.2, -0.15) is 0 Å². The van der Waals surface area contributed by atoms with Crippen molar-refractivity contribution in [1.29, 1.82) is 0 Å². The van der Waals surface area contributed by atoms with Gasteiger partial charge in [0.15, 0.2) is 0 Å². The molecule has 0 spiro atoms. The Balaban J connectivity index is 1.76. The lowest BCUT2D eigenvalue weighted by atomic mass is 10.1. The van der Waals surface area contributed by atoms with Crippen LogP contribution in [0.25, 0.3) is 0 Å². The molecule has 1 aromatic rings. The summed E-state index contributed by atoms with van der Waals surface area (Å²) >= 11 is 0. The molecule has 18 heavy (non-hydrogen) atoms. The maximum atomic E-state index is 13.0. The molecule has 0 atom stereocenters. The van der Waals surface area contributed by atoms with Crippen molar-refractivity contribution >= 4 is 10.8 Å². The minimum Gasteiger partial charge on any atom is -0.314 e. The van der Waals surface area contributed by atoms with E-state index in [9.17, 15) is 13.0 Å². The topological polar surface area (TPSA) is 29.1 Å². The summed E-state index contributed by atoms with van der Waals surface area (Å²) in [6.07, 6.45) is 2.45. The fourth-order valence-corrected chi connectivity index (χ4v) is 3.47. The summed E-state index contributed by atoms with van der Waals surface area (Å²) < 4.78 is 37.1. The van der Waals surface area contributed by atoms with Gasteiger partial charge in [0, 0.05) is 34.4 Å². The van der Waals surface area contributed by atoms with E-state index >= 15 is 0 Å². The predicted molar refractivity (Wildman–Crippen MR) is 69.0 cm³/mol. The van der Waals surface area contributed by atoms with E-state index in [-0.39, 0.29) is 0 Å². The summed E-state index contributed by atoms with van der Waals surface area (Å²) in [5.41, 5.74) is 0.666. The quantitative estimate of drug-likeness (QED) is 0.909. The van der Waals surface area contributed by atoms with Gasteiger partial charge in [0.25, 0.3) is 0 Å². The van der Waals surface area contributed by atoms with Gasteiger partial charge in [-0.3, -0.25) is 4.21 Å². The molecule has 1 aromatic carbocycles. The third-order valence-electron chi connectivity index (χ3n) is 3.16. The number of halogens is 2. The second-order valence-electron chi connectivity index (χ2n) is 4.60. The molecule has 0 radical (unpaired) electrons. The SMILES string of the molecule is O=S1CCC(NCCc2cc(F)cc(F)c2)CC1. The van der Waals surface area contributed by atoms with E-state index in [1.807, 2.05) is 0 Å². The van der Waals surface area contributed by atoms with Crippen LogP contribution in [0.15, 0.2) is 18.2 Å². The fraction of sp³-hybridized carbons (Fsp3) is 0.538. The number of nitrogens with one attached hydrogen (secondary N) is 1. The average molecular weight is 273 g/mol. The molecule has 0 unspecified atom stereocenters. The molecule has 1 aliphatic heterocycles. The highest BCUT2D eigenvalue weighted by Gasteiger charge is 2.16. The summed E-state index contributed by atoms with van der Waals surface area (Å²) in [5, 5.41) is 3.35. The molecule has 0 amide bonds. The molecule has 0 saturated carbocycles. The van der Waals surface area contributed by atoms with Crippen molar-refractivity contribution in [3.05, 3.63) is 35.4 Å². The summed E-state index contributed by atoms with van der Waals surface area (Å²) in [7, 11) is -0.648. The first kappa shape index (κ1) is 13.6. The van der Waals surface area contributed by atoms with Crippen molar-refractivity contribution in [3.63, 3.8) is 0 Å². The largest absolute Gasteiger partial charge is 0.314 e. The van der Waals surface area contributed by atoms with Gasteiger partial charge in [0.1, 0.15) is 11.6 Å². The second kappa shape index (κ2) is 6.38. The van der Waals surface area contributed by atoms with E-state index in [4.69, 9.17) is 0 Å². The Morgan fingerprint density at radius 1 is 1.17 bits per heavy atom. The van der Waals surface area contributed by atoms with Gasteiger partial charge in [-0.1, -0.05) is 0 Å². The summed E-state index contributed by atoms with van der Waals surface area (Å²) in [6.45, 7) is 0.695. The van der Waals surface area contributed by atoms with Crippen LogP contribution in [0.1, 0.15) is 18.4 Å². The minimum absolute atomic E-state index is 0.390. The molecule has 5 heteroatoms. The van der Waals surface area contributed by atoms with Crippen LogP contribution in [0.5, 0.6) is 0 Å². The highest BCUT2D eigenvalue weighted by molar-refractivity contribution is 7.85. The monoisotopic (exact) mass is 273 g/mol. The number of hydrogen-bond acceptors (Lipinski definition) is 2. The van der Waals surface area contributed by atoms with Crippen LogP contribution in [0.2, 0.25) is 0 Å². The predicted octanol–water partition coefficient (Wildman–Crippen LogP) is 2.01. The van der Waals surface area contributed by atoms with Crippen molar-refractivity contribution in [1.82, 2.24) is 5.32 Å². The van der Waals surface area contributed by atoms with Gasteiger partial charge >= 0.3 is 0 Å². The molecule has 1 heterocycles. The summed E-state index contributed by atoms with van der Waals surface area (Å²) in [6, 6.07) is 4.00. The van der Waals surface area contributed by atoms with Crippen molar-refractivity contribution in [2.45, 2.75) is 25.3 Å². The first-order valence-corrected chi connectivity index (χ1v) is 7.65. The van der Waals surface area contributed by atoms with E-state index in [2.05, 4.69) is 5.32 Å². The minimum atomic E-state index is -0.648. The lowest BCUT2D eigenvalue weighted by molar-refractivity contribution is 0.478. The molecule has 0 aliphatic carbocycles. The van der Waals surface area contributed by atoms with Gasteiger partial charge in [0.05, 0.1) is 0 Å². The lowest BCUT2D eigenvalue weighted by Gasteiger charge is -2.22. The fourth-order valence-electron chi connectivity index (χ4n) is 2.17. The second-order valence-corrected chi connectivity index (χ2v) is 6.30. The van der Waals surface area contributed by atoms with Crippen molar-refractivity contribution in [2.24, 2.45) is 0 Å². The van der Waals surface area contributed by atoms with Crippen molar-refractivity contribution in [3.8, 4) is 0 Å². The van der Waals surface area contributed by atoms with Crippen LogP contribution in [0.4, 0.5) is 8.78 Å². The third kappa shape index (κ3) is 4.14. The molecule has 2 nitrogen and oxygen atoms in total. The summed E-state index contributed by atoms with van der Waals surface area (Å²) in [4.78, 5) is 0. The number of hydrogen-bond donors (Lipinski definition) is 1. The molecule has 0 aromatic heterocycles. The van der Waals surface area contributed by atoms with E-state index < -0.39 is 22.4 Å². The van der Waals surface area contributed by atoms with Gasteiger partial charge in [0.2, 0.25) is 0 Å². The maximum Gasteiger partial charge on any atom is 0.126 e. The average Bonchev–Trinajstić information content (AvgIpc) is 2.30. The Kier molecular flexibility index (Phi) is 4.83. The molecule has 2 rings (SSSR count). The molecule has 100 valence electrons. The lowest BCUT2D eigenvalue weighted by Crippen LogP contribution is -2.36. The standard InChI is InChI=1S/C13H17F2NOS/c14-11-7-10(8-12(15)9-11)1-4-16-13-2-5-18(17)6-3-13/h7-9,13,16H,1-6H2. The molecular weight excluding hydrogens is 256 g/mol. The van der Waals surface area contributed by atoms with Crippen molar-refractivity contribution < 1.29 is 13.0 Å². The van der Waals surface area contributed by atoms with Crippen LogP contribution < -0.4 is 5.32 Å². The first-order valence-electron chi connectivity index (χ1n) is 6.17. The molecule has 1 fully saturated rings. The zero-order valence-corrected chi connectivity index (χ0v) is 10.9. The molecule has 1 N–H and O–H groups in total. The zero-order valence-electron chi connectivity index (χ0n) is 10.1. The van der Waals surface area contributed by atoms with E-state index in [1.54, 1.807) is 0 Å². The van der Waals surface area contributed by atoms with Gasteiger partial charge in [-0.25, -0.2) is 8.78 Å². The van der Waals surface area contributed by atoms with Crippen LogP contribution in [0, 0.1) is 11.6 Å². The van der Waals surface area contributed by atoms with E-state index in [0.29, 0.717) is 24.6 Å². The Morgan fingerprint density at radius 2 is 1.78 bits per heavy atom. The Bertz CT molecular complexity index is 409. The molecule has 0 bridgehead atoms. The Hall–Kier alpha value is -0.810. The highest BCUT2D eigenvalue weighted by Crippen LogP contribution is 2.10. The third-order valence-corrected chi connectivity index (χ3v) is 4.54.